The van der Waals surface area contributed by atoms with Gasteiger partial charge in [0.05, 0.1) is 0 Å². The fourth-order valence-corrected chi connectivity index (χ4v) is 3.17. The molecule has 4 heteroatoms. The van der Waals surface area contributed by atoms with E-state index in [1.165, 1.54) is 6.07 Å². The van der Waals surface area contributed by atoms with Gasteiger partial charge in [0.15, 0.2) is 0 Å². The van der Waals surface area contributed by atoms with Crippen molar-refractivity contribution in [1.29, 1.82) is 0 Å². The molecule has 0 saturated carbocycles. The number of halogens is 2. The van der Waals surface area contributed by atoms with E-state index in [9.17, 15) is 4.39 Å². The van der Waals surface area contributed by atoms with Crippen LogP contribution in [0.1, 0.15) is 39.7 Å². The minimum atomic E-state index is -0.180. The number of nitrogens with one attached hydrogen (secondary N) is 1. The molecule has 1 atom stereocenters. The van der Waals surface area contributed by atoms with Gasteiger partial charge in [-0.3, -0.25) is 4.90 Å². The maximum Gasteiger partial charge on any atom is 0.124 e. The van der Waals surface area contributed by atoms with E-state index in [-0.39, 0.29) is 16.9 Å². The van der Waals surface area contributed by atoms with Gasteiger partial charge >= 0.3 is 0 Å². The maximum atomic E-state index is 13.5. The summed E-state index contributed by atoms with van der Waals surface area (Å²) >= 11 is 3.37. The first-order valence-electron chi connectivity index (χ1n) is 7.19. The maximum absolute atomic E-state index is 13.5. The summed E-state index contributed by atoms with van der Waals surface area (Å²) in [6.45, 7) is 11.7. The number of benzene rings is 1. The summed E-state index contributed by atoms with van der Waals surface area (Å²) in [5, 5.41) is 3.65. The van der Waals surface area contributed by atoms with Crippen molar-refractivity contribution in [3.8, 4) is 0 Å². The summed E-state index contributed by atoms with van der Waals surface area (Å²) in [6, 6.07) is 5.14. The highest BCUT2D eigenvalue weighted by Gasteiger charge is 2.38. The largest absolute Gasteiger partial charge is 0.308 e. The third kappa shape index (κ3) is 3.60. The van der Waals surface area contributed by atoms with Gasteiger partial charge in [-0.2, -0.15) is 0 Å². The highest BCUT2D eigenvalue weighted by Crippen LogP contribution is 2.28. The summed E-state index contributed by atoms with van der Waals surface area (Å²) in [4.78, 5) is 2.45. The fraction of sp³-hybridized carbons (Fsp3) is 0.625. The summed E-state index contributed by atoms with van der Waals surface area (Å²) < 4.78 is 14.3. The second kappa shape index (κ2) is 5.74. The first kappa shape index (κ1) is 15.9. The molecule has 0 bridgehead atoms. The Hall–Kier alpha value is -0.450. The average Bonchev–Trinajstić information content (AvgIpc) is 2.33. The molecule has 0 aliphatic carbocycles. The topological polar surface area (TPSA) is 15.3 Å². The van der Waals surface area contributed by atoms with Gasteiger partial charge in [0.2, 0.25) is 0 Å². The SMILES string of the molecule is CCC1(C)CN(Cc2cc(F)cc(Br)c2)C(C)(C)CN1. The Kier molecular flexibility index (Phi) is 4.57. The van der Waals surface area contributed by atoms with Crippen molar-refractivity contribution in [2.75, 3.05) is 13.1 Å². The zero-order valence-electron chi connectivity index (χ0n) is 12.8. The van der Waals surface area contributed by atoms with E-state index in [1.54, 1.807) is 6.07 Å². The number of rotatable bonds is 3. The van der Waals surface area contributed by atoms with Crippen LogP contribution in [0.25, 0.3) is 0 Å². The Labute approximate surface area is 129 Å². The molecular formula is C16H24BrFN2. The van der Waals surface area contributed by atoms with Crippen molar-refractivity contribution in [3.63, 3.8) is 0 Å². The molecule has 1 N–H and O–H groups in total. The minimum Gasteiger partial charge on any atom is -0.308 e. The smallest absolute Gasteiger partial charge is 0.124 e. The highest BCUT2D eigenvalue weighted by molar-refractivity contribution is 9.10. The van der Waals surface area contributed by atoms with Crippen LogP contribution >= 0.6 is 15.9 Å². The van der Waals surface area contributed by atoms with E-state index in [0.717, 1.165) is 36.1 Å². The molecule has 0 aromatic heterocycles. The van der Waals surface area contributed by atoms with Crippen molar-refractivity contribution >= 4 is 15.9 Å². The lowest BCUT2D eigenvalue weighted by Crippen LogP contribution is -2.66. The van der Waals surface area contributed by atoms with Gasteiger partial charge in [-0.25, -0.2) is 4.39 Å². The molecule has 1 fully saturated rings. The molecule has 112 valence electrons. The van der Waals surface area contributed by atoms with E-state index in [1.807, 2.05) is 6.07 Å². The van der Waals surface area contributed by atoms with Gasteiger partial charge < -0.3 is 5.32 Å². The van der Waals surface area contributed by atoms with Crippen LogP contribution < -0.4 is 5.32 Å². The number of nitrogens with zero attached hydrogens (tertiary/aromatic N) is 1. The second-order valence-electron chi connectivity index (χ2n) is 6.71. The number of hydrogen-bond donors (Lipinski definition) is 1. The van der Waals surface area contributed by atoms with Gasteiger partial charge in [0.1, 0.15) is 5.82 Å². The van der Waals surface area contributed by atoms with Crippen LogP contribution in [0.15, 0.2) is 22.7 Å². The van der Waals surface area contributed by atoms with Crippen LogP contribution in [-0.4, -0.2) is 29.1 Å². The van der Waals surface area contributed by atoms with E-state index in [0.29, 0.717) is 0 Å². The summed E-state index contributed by atoms with van der Waals surface area (Å²) in [7, 11) is 0. The van der Waals surface area contributed by atoms with Gasteiger partial charge in [0, 0.05) is 35.2 Å². The minimum absolute atomic E-state index is 0.0769. The quantitative estimate of drug-likeness (QED) is 0.894. The first-order valence-corrected chi connectivity index (χ1v) is 7.98. The molecule has 2 nitrogen and oxygen atoms in total. The molecule has 1 unspecified atom stereocenters. The Balaban J connectivity index is 2.20. The molecule has 1 saturated heterocycles. The zero-order valence-corrected chi connectivity index (χ0v) is 14.3. The average molecular weight is 343 g/mol. The molecule has 0 amide bonds. The summed E-state index contributed by atoms with van der Waals surface area (Å²) in [5.74, 6) is -0.180. The van der Waals surface area contributed by atoms with Crippen LogP contribution in [0.3, 0.4) is 0 Å². The van der Waals surface area contributed by atoms with E-state index in [4.69, 9.17) is 0 Å². The van der Waals surface area contributed by atoms with Gasteiger partial charge in [0.25, 0.3) is 0 Å². The van der Waals surface area contributed by atoms with E-state index in [2.05, 4.69) is 53.8 Å². The van der Waals surface area contributed by atoms with Gasteiger partial charge in [-0.15, -0.1) is 0 Å². The first-order chi connectivity index (χ1) is 9.24. The molecular weight excluding hydrogens is 319 g/mol. The normalized spacial score (nSPS) is 26.7. The van der Waals surface area contributed by atoms with Crippen molar-refractivity contribution < 1.29 is 4.39 Å². The van der Waals surface area contributed by atoms with Gasteiger partial charge in [-0.05, 0) is 51.0 Å². The van der Waals surface area contributed by atoms with Crippen molar-refractivity contribution in [3.05, 3.63) is 34.1 Å². The monoisotopic (exact) mass is 342 g/mol. The van der Waals surface area contributed by atoms with Crippen molar-refractivity contribution in [2.24, 2.45) is 0 Å². The Morgan fingerprint density at radius 3 is 2.60 bits per heavy atom. The molecule has 1 aromatic rings. The zero-order chi connectivity index (χ0) is 15.0. The summed E-state index contributed by atoms with van der Waals surface area (Å²) in [5.41, 5.74) is 1.23. The molecule has 1 heterocycles. The van der Waals surface area contributed by atoms with Gasteiger partial charge in [-0.1, -0.05) is 22.9 Å². The third-order valence-electron chi connectivity index (χ3n) is 4.42. The molecule has 1 aromatic carbocycles. The standard InChI is InChI=1S/C16H24BrFN2/c1-5-16(4)11-20(15(2,3)10-19-16)9-12-6-13(17)8-14(18)7-12/h6-8,19H,5,9-11H2,1-4H3. The number of hydrogen-bond acceptors (Lipinski definition) is 2. The lowest BCUT2D eigenvalue weighted by molar-refractivity contribution is 0.0245. The lowest BCUT2D eigenvalue weighted by Gasteiger charge is -2.50. The van der Waals surface area contributed by atoms with Crippen LogP contribution in [0.5, 0.6) is 0 Å². The lowest BCUT2D eigenvalue weighted by atomic mass is 9.88. The Bertz CT molecular complexity index is 469. The molecule has 1 aliphatic heterocycles. The Morgan fingerprint density at radius 2 is 2.00 bits per heavy atom. The Morgan fingerprint density at radius 1 is 1.30 bits per heavy atom. The predicted octanol–water partition coefficient (Wildman–Crippen LogP) is 3.94. The van der Waals surface area contributed by atoms with Crippen molar-refractivity contribution in [1.82, 2.24) is 10.2 Å². The number of piperazine rings is 1. The molecule has 20 heavy (non-hydrogen) atoms. The van der Waals surface area contributed by atoms with Crippen LogP contribution in [0, 0.1) is 5.82 Å². The van der Waals surface area contributed by atoms with E-state index < -0.39 is 0 Å². The van der Waals surface area contributed by atoms with E-state index >= 15 is 0 Å². The fourth-order valence-electron chi connectivity index (χ4n) is 2.66. The third-order valence-corrected chi connectivity index (χ3v) is 4.88. The molecule has 2 rings (SSSR count). The molecule has 0 spiro atoms. The summed E-state index contributed by atoms with van der Waals surface area (Å²) in [6.07, 6.45) is 1.09. The second-order valence-corrected chi connectivity index (χ2v) is 7.63. The molecule has 1 aliphatic rings. The predicted molar refractivity (Wildman–Crippen MR) is 85.3 cm³/mol. The van der Waals surface area contributed by atoms with Crippen LogP contribution in [0.2, 0.25) is 0 Å². The van der Waals surface area contributed by atoms with Crippen LogP contribution in [-0.2, 0) is 6.54 Å². The van der Waals surface area contributed by atoms with Crippen LogP contribution in [0.4, 0.5) is 4.39 Å². The molecule has 0 radical (unpaired) electrons. The van der Waals surface area contributed by atoms with Crippen molar-refractivity contribution in [2.45, 2.75) is 51.7 Å². The highest BCUT2D eigenvalue weighted by atomic mass is 79.9.